The second kappa shape index (κ2) is 7.01. The van der Waals surface area contributed by atoms with Crippen molar-refractivity contribution in [1.29, 1.82) is 0 Å². The van der Waals surface area contributed by atoms with E-state index in [1.807, 2.05) is 13.0 Å². The third kappa shape index (κ3) is 2.91. The maximum absolute atomic E-state index is 12.1. The summed E-state index contributed by atoms with van der Waals surface area (Å²) < 4.78 is 18.0. The van der Waals surface area contributed by atoms with Gasteiger partial charge in [-0.1, -0.05) is 19.9 Å². The molecule has 0 amide bonds. The van der Waals surface area contributed by atoms with Crippen molar-refractivity contribution in [2.45, 2.75) is 70.1 Å². The van der Waals surface area contributed by atoms with E-state index in [9.17, 15) is 4.79 Å². The maximum atomic E-state index is 12.1. The Bertz CT molecular complexity index is 733. The standard InChI is InChI=1S/C22H31NO4/c1-5-6-19(24)26-16-11-14(2)22-9-10-23(3)13-15-7-8-17(25-4)21(20(15)22)27-18(22)12-16/h7-8,14,16,18H,5-6,9-13H2,1-4H3/t14?,16-,18?,22+/m0/s1. The van der Waals surface area contributed by atoms with Crippen molar-refractivity contribution < 1.29 is 19.0 Å². The van der Waals surface area contributed by atoms with Crippen LogP contribution in [0.15, 0.2) is 12.1 Å². The van der Waals surface area contributed by atoms with Crippen LogP contribution in [0.1, 0.15) is 57.1 Å². The van der Waals surface area contributed by atoms with Crippen molar-refractivity contribution in [1.82, 2.24) is 4.90 Å². The lowest BCUT2D eigenvalue weighted by Gasteiger charge is -2.46. The van der Waals surface area contributed by atoms with Crippen LogP contribution in [0.2, 0.25) is 0 Å². The molecule has 5 heteroatoms. The molecule has 0 saturated heterocycles. The second-order valence-electron chi connectivity index (χ2n) is 8.50. The summed E-state index contributed by atoms with van der Waals surface area (Å²) in [6.07, 6.45) is 4.03. The van der Waals surface area contributed by atoms with Crippen LogP contribution in [-0.4, -0.2) is 43.8 Å². The molecule has 1 aromatic carbocycles. The molecule has 1 saturated carbocycles. The largest absolute Gasteiger partial charge is 0.493 e. The average Bonchev–Trinajstić information content (AvgIpc) is 2.88. The highest BCUT2D eigenvalue weighted by atomic mass is 16.6. The Hall–Kier alpha value is -1.75. The van der Waals surface area contributed by atoms with E-state index in [0.717, 1.165) is 50.3 Å². The Morgan fingerprint density at radius 1 is 1.37 bits per heavy atom. The molecule has 4 atom stereocenters. The van der Waals surface area contributed by atoms with Gasteiger partial charge in [0.1, 0.15) is 12.2 Å². The zero-order chi connectivity index (χ0) is 19.2. The first kappa shape index (κ1) is 18.6. The minimum absolute atomic E-state index is 0.0162. The van der Waals surface area contributed by atoms with Gasteiger partial charge >= 0.3 is 5.97 Å². The molecule has 2 aliphatic heterocycles. The highest BCUT2D eigenvalue weighted by Gasteiger charge is 2.58. The van der Waals surface area contributed by atoms with Gasteiger partial charge in [0.05, 0.1) is 7.11 Å². The molecule has 1 spiro atoms. The van der Waals surface area contributed by atoms with Crippen LogP contribution in [-0.2, 0) is 21.5 Å². The molecular weight excluding hydrogens is 342 g/mol. The normalized spacial score (nSPS) is 32.1. The van der Waals surface area contributed by atoms with E-state index < -0.39 is 0 Å². The molecule has 2 heterocycles. The van der Waals surface area contributed by atoms with E-state index in [1.165, 1.54) is 11.1 Å². The Kier molecular flexibility index (Phi) is 4.83. The smallest absolute Gasteiger partial charge is 0.306 e. The first-order chi connectivity index (χ1) is 13.0. The van der Waals surface area contributed by atoms with Crippen LogP contribution in [0, 0.1) is 5.92 Å². The number of benzene rings is 1. The Morgan fingerprint density at radius 3 is 2.93 bits per heavy atom. The first-order valence-corrected chi connectivity index (χ1v) is 10.2. The number of hydrogen-bond acceptors (Lipinski definition) is 5. The molecule has 0 aromatic heterocycles. The lowest BCUT2D eigenvalue weighted by Crippen LogP contribution is -2.52. The van der Waals surface area contributed by atoms with Crippen molar-refractivity contribution in [3.05, 3.63) is 23.3 Å². The van der Waals surface area contributed by atoms with Gasteiger partial charge in [0.2, 0.25) is 0 Å². The van der Waals surface area contributed by atoms with E-state index in [2.05, 4.69) is 24.9 Å². The van der Waals surface area contributed by atoms with Gasteiger partial charge in [0, 0.05) is 30.4 Å². The average molecular weight is 373 g/mol. The fourth-order valence-electron chi connectivity index (χ4n) is 5.52. The molecule has 27 heavy (non-hydrogen) atoms. The number of carbonyl (C=O) groups is 1. The van der Waals surface area contributed by atoms with E-state index in [0.29, 0.717) is 12.3 Å². The lowest BCUT2D eigenvalue weighted by atomic mass is 9.59. The minimum Gasteiger partial charge on any atom is -0.493 e. The van der Waals surface area contributed by atoms with Gasteiger partial charge < -0.3 is 19.1 Å². The molecule has 1 fully saturated rings. The molecular formula is C22H31NO4. The van der Waals surface area contributed by atoms with Crippen LogP contribution in [0.4, 0.5) is 0 Å². The molecule has 1 aliphatic carbocycles. The van der Waals surface area contributed by atoms with E-state index in [-0.39, 0.29) is 23.6 Å². The Labute approximate surface area is 162 Å². The number of carbonyl (C=O) groups excluding carboxylic acids is 1. The van der Waals surface area contributed by atoms with Crippen molar-refractivity contribution in [3.63, 3.8) is 0 Å². The zero-order valence-electron chi connectivity index (χ0n) is 16.9. The summed E-state index contributed by atoms with van der Waals surface area (Å²) in [4.78, 5) is 14.4. The van der Waals surface area contributed by atoms with Gasteiger partial charge in [-0.25, -0.2) is 0 Å². The molecule has 0 N–H and O–H groups in total. The van der Waals surface area contributed by atoms with E-state index >= 15 is 0 Å². The van der Waals surface area contributed by atoms with Crippen molar-refractivity contribution >= 4 is 5.97 Å². The van der Waals surface area contributed by atoms with Gasteiger partial charge in [-0.3, -0.25) is 4.79 Å². The summed E-state index contributed by atoms with van der Waals surface area (Å²) in [6.45, 7) is 6.29. The lowest BCUT2D eigenvalue weighted by molar-refractivity contribution is -0.155. The zero-order valence-corrected chi connectivity index (χ0v) is 16.9. The molecule has 5 nitrogen and oxygen atoms in total. The predicted molar refractivity (Wildman–Crippen MR) is 103 cm³/mol. The SMILES string of the molecule is CCCC(=O)O[C@H]1CC(C)[C@@]23CCN(C)Cc4ccc(OC)c(c42)OC3C1. The summed E-state index contributed by atoms with van der Waals surface area (Å²) in [6, 6.07) is 4.23. The monoisotopic (exact) mass is 373 g/mol. The fraction of sp³-hybridized carbons (Fsp3) is 0.682. The van der Waals surface area contributed by atoms with E-state index in [4.69, 9.17) is 14.2 Å². The Morgan fingerprint density at radius 2 is 2.19 bits per heavy atom. The third-order valence-corrected chi connectivity index (χ3v) is 6.80. The maximum Gasteiger partial charge on any atom is 0.306 e. The number of esters is 1. The highest BCUT2D eigenvalue weighted by Crippen LogP contribution is 2.59. The van der Waals surface area contributed by atoms with Crippen LogP contribution in [0.5, 0.6) is 11.5 Å². The minimum atomic E-state index is -0.0833. The van der Waals surface area contributed by atoms with Crippen LogP contribution >= 0.6 is 0 Å². The molecule has 0 bridgehead atoms. The van der Waals surface area contributed by atoms with Crippen molar-refractivity contribution in [3.8, 4) is 11.5 Å². The highest BCUT2D eigenvalue weighted by molar-refractivity contribution is 5.69. The van der Waals surface area contributed by atoms with Gasteiger partial charge in [0.25, 0.3) is 0 Å². The number of methoxy groups -OCH3 is 1. The number of nitrogens with zero attached hydrogens (tertiary/aromatic N) is 1. The van der Waals surface area contributed by atoms with Gasteiger partial charge in [-0.05, 0) is 50.4 Å². The van der Waals surface area contributed by atoms with Crippen molar-refractivity contribution in [2.24, 2.45) is 5.92 Å². The van der Waals surface area contributed by atoms with Crippen molar-refractivity contribution in [2.75, 3.05) is 20.7 Å². The molecule has 0 radical (unpaired) electrons. The van der Waals surface area contributed by atoms with Gasteiger partial charge in [-0.15, -0.1) is 0 Å². The number of ether oxygens (including phenoxy) is 3. The van der Waals surface area contributed by atoms with Crippen LogP contribution < -0.4 is 9.47 Å². The summed E-state index contributed by atoms with van der Waals surface area (Å²) >= 11 is 0. The predicted octanol–water partition coefficient (Wildman–Crippen LogP) is 3.67. The molecule has 3 aliphatic rings. The molecule has 148 valence electrons. The quantitative estimate of drug-likeness (QED) is 0.754. The summed E-state index contributed by atoms with van der Waals surface area (Å²) in [5.41, 5.74) is 2.68. The first-order valence-electron chi connectivity index (χ1n) is 10.2. The van der Waals surface area contributed by atoms with Crippen LogP contribution in [0.3, 0.4) is 0 Å². The summed E-state index contributed by atoms with van der Waals surface area (Å²) in [5, 5.41) is 0. The molecule has 1 aromatic rings. The number of rotatable bonds is 4. The van der Waals surface area contributed by atoms with Crippen LogP contribution in [0.25, 0.3) is 0 Å². The van der Waals surface area contributed by atoms with Gasteiger partial charge in [0.15, 0.2) is 11.5 Å². The molecule has 4 rings (SSSR count). The summed E-state index contributed by atoms with van der Waals surface area (Å²) in [7, 11) is 3.89. The van der Waals surface area contributed by atoms with Gasteiger partial charge in [-0.2, -0.15) is 0 Å². The fourth-order valence-corrected chi connectivity index (χ4v) is 5.52. The Balaban J connectivity index is 1.72. The second-order valence-corrected chi connectivity index (χ2v) is 8.50. The summed E-state index contributed by atoms with van der Waals surface area (Å²) in [5.74, 6) is 2.04. The molecule has 2 unspecified atom stereocenters. The number of hydrogen-bond donors (Lipinski definition) is 0. The third-order valence-electron chi connectivity index (χ3n) is 6.80. The topological polar surface area (TPSA) is 48.0 Å². The van der Waals surface area contributed by atoms with E-state index in [1.54, 1.807) is 7.11 Å².